The zero-order valence-corrected chi connectivity index (χ0v) is 15.7. The second kappa shape index (κ2) is 15.1. The van der Waals surface area contributed by atoms with Crippen molar-refractivity contribution < 1.29 is 4.48 Å². The molecule has 0 aromatic rings. The fourth-order valence-electron chi connectivity index (χ4n) is 2.38. The number of hydrogen-bond acceptors (Lipinski definition) is 0. The first-order chi connectivity index (χ1) is 10.6. The van der Waals surface area contributed by atoms with Crippen molar-refractivity contribution in [3.05, 3.63) is 36.5 Å². The van der Waals surface area contributed by atoms with Crippen molar-refractivity contribution >= 4 is 0 Å². The average Bonchev–Trinajstić information content (AvgIpc) is 2.45. The van der Waals surface area contributed by atoms with E-state index in [9.17, 15) is 0 Å². The van der Waals surface area contributed by atoms with Gasteiger partial charge in [-0.05, 0) is 44.9 Å². The van der Waals surface area contributed by atoms with Gasteiger partial charge in [0.1, 0.15) is 0 Å². The quantitative estimate of drug-likeness (QED) is 0.201. The molecule has 0 N–H and O–H groups in total. The number of hydrogen-bond donors (Lipinski definition) is 0. The number of allylic oxidation sites excluding steroid dienone is 6. The summed E-state index contributed by atoms with van der Waals surface area (Å²) < 4.78 is 1.11. The van der Waals surface area contributed by atoms with Crippen LogP contribution in [0.3, 0.4) is 0 Å². The maximum atomic E-state index is 2.35. The van der Waals surface area contributed by atoms with Gasteiger partial charge in [0.05, 0.1) is 27.7 Å². The predicted molar refractivity (Wildman–Crippen MR) is 102 cm³/mol. The van der Waals surface area contributed by atoms with Crippen LogP contribution in [-0.4, -0.2) is 32.2 Å². The van der Waals surface area contributed by atoms with Crippen LogP contribution in [0.1, 0.15) is 71.1 Å². The lowest BCUT2D eigenvalue weighted by atomic mass is 10.1. The molecule has 0 heterocycles. The van der Waals surface area contributed by atoms with Crippen LogP contribution in [0.5, 0.6) is 0 Å². The van der Waals surface area contributed by atoms with Crippen LogP contribution >= 0.6 is 0 Å². The van der Waals surface area contributed by atoms with Gasteiger partial charge in [-0.2, -0.15) is 0 Å². The number of nitrogens with zero attached hydrogens (tertiary/aromatic N) is 1. The molecule has 0 rings (SSSR count). The molecule has 0 aromatic carbocycles. The molecule has 0 saturated carbocycles. The van der Waals surface area contributed by atoms with Gasteiger partial charge in [0.2, 0.25) is 0 Å². The third-order valence-electron chi connectivity index (χ3n) is 3.73. The van der Waals surface area contributed by atoms with Crippen LogP contribution in [-0.2, 0) is 0 Å². The number of unbranched alkanes of at least 4 members (excludes halogenated alkanes) is 6. The summed E-state index contributed by atoms with van der Waals surface area (Å²) in [7, 11) is 6.84. The second-order valence-electron chi connectivity index (χ2n) is 7.22. The summed E-state index contributed by atoms with van der Waals surface area (Å²) >= 11 is 0. The Morgan fingerprint density at radius 3 is 1.68 bits per heavy atom. The van der Waals surface area contributed by atoms with Crippen LogP contribution in [0.2, 0.25) is 0 Å². The Kier molecular flexibility index (Phi) is 14.5. The van der Waals surface area contributed by atoms with Gasteiger partial charge in [0.15, 0.2) is 0 Å². The highest BCUT2D eigenvalue weighted by Crippen LogP contribution is 2.09. The van der Waals surface area contributed by atoms with Gasteiger partial charge in [-0.15, -0.1) is 0 Å². The van der Waals surface area contributed by atoms with Crippen molar-refractivity contribution in [1.82, 2.24) is 0 Å². The minimum atomic E-state index is 1.08. The van der Waals surface area contributed by atoms with Gasteiger partial charge in [0.25, 0.3) is 0 Å². The lowest BCUT2D eigenvalue weighted by molar-refractivity contribution is -0.870. The van der Waals surface area contributed by atoms with Gasteiger partial charge in [-0.1, -0.05) is 62.6 Å². The molecule has 0 aliphatic rings. The number of quaternary nitrogens is 1. The summed E-state index contributed by atoms with van der Waals surface area (Å²) in [5, 5.41) is 0. The molecular formula is C21H40N+. The topological polar surface area (TPSA) is 0 Å². The first-order valence-corrected chi connectivity index (χ1v) is 9.31. The molecule has 1 nitrogen and oxygen atoms in total. The molecule has 1 heteroatoms. The summed E-state index contributed by atoms with van der Waals surface area (Å²) in [4.78, 5) is 0. The maximum Gasteiger partial charge on any atom is 0.0780 e. The Morgan fingerprint density at radius 2 is 1.09 bits per heavy atom. The molecule has 0 amide bonds. The minimum absolute atomic E-state index is 1.08. The van der Waals surface area contributed by atoms with Crippen LogP contribution in [0.15, 0.2) is 36.5 Å². The van der Waals surface area contributed by atoms with Crippen molar-refractivity contribution in [2.24, 2.45) is 0 Å². The van der Waals surface area contributed by atoms with E-state index in [-0.39, 0.29) is 0 Å². The molecule has 0 aliphatic heterocycles. The SMILES string of the molecule is CC/C=C\C/C=C\C/C=C\CCCCCCCC[N+](C)(C)C. The second-order valence-corrected chi connectivity index (χ2v) is 7.22. The van der Waals surface area contributed by atoms with E-state index in [1.165, 1.54) is 51.5 Å². The molecule has 0 fully saturated rings. The molecule has 0 radical (unpaired) electrons. The molecule has 22 heavy (non-hydrogen) atoms. The fraction of sp³-hybridized carbons (Fsp3) is 0.714. The molecule has 0 aromatic heterocycles. The summed E-state index contributed by atoms with van der Waals surface area (Å²) in [6.45, 7) is 3.48. The summed E-state index contributed by atoms with van der Waals surface area (Å²) in [5.41, 5.74) is 0. The van der Waals surface area contributed by atoms with E-state index >= 15 is 0 Å². The van der Waals surface area contributed by atoms with Crippen molar-refractivity contribution in [3.8, 4) is 0 Å². The molecule has 128 valence electrons. The standard InChI is InChI=1S/C21H40N/c1-5-6-7-8-9-10-11-12-13-14-15-16-17-18-19-20-21-22(2,3)4/h6-7,9-10,12-13H,5,8,11,14-21H2,1-4H3/q+1/b7-6-,10-9-,13-12-. The molecule has 0 aliphatic carbocycles. The van der Waals surface area contributed by atoms with Crippen molar-refractivity contribution in [2.75, 3.05) is 27.7 Å². The van der Waals surface area contributed by atoms with Crippen molar-refractivity contribution in [1.29, 1.82) is 0 Å². The normalized spacial score (nSPS) is 13.1. The van der Waals surface area contributed by atoms with E-state index in [0.29, 0.717) is 0 Å². The highest BCUT2D eigenvalue weighted by atomic mass is 15.3. The van der Waals surface area contributed by atoms with Gasteiger partial charge < -0.3 is 4.48 Å². The molecule has 0 atom stereocenters. The third kappa shape index (κ3) is 19.2. The Bertz CT molecular complexity index is 304. The van der Waals surface area contributed by atoms with E-state index in [4.69, 9.17) is 0 Å². The van der Waals surface area contributed by atoms with Crippen molar-refractivity contribution in [3.63, 3.8) is 0 Å². The van der Waals surface area contributed by atoms with Gasteiger partial charge in [-0.25, -0.2) is 0 Å². The average molecular weight is 307 g/mol. The van der Waals surface area contributed by atoms with Gasteiger partial charge in [-0.3, -0.25) is 0 Å². The van der Waals surface area contributed by atoms with Crippen LogP contribution in [0, 0.1) is 0 Å². The first kappa shape index (κ1) is 21.2. The van der Waals surface area contributed by atoms with Crippen LogP contribution in [0.4, 0.5) is 0 Å². The summed E-state index contributed by atoms with van der Waals surface area (Å²) in [6.07, 6.45) is 26.6. The highest BCUT2D eigenvalue weighted by molar-refractivity contribution is 4.96. The minimum Gasteiger partial charge on any atom is -0.331 e. The molecule has 0 unspecified atom stereocenters. The molecular weight excluding hydrogens is 266 g/mol. The summed E-state index contributed by atoms with van der Waals surface area (Å²) in [5.74, 6) is 0. The maximum absolute atomic E-state index is 2.35. The van der Waals surface area contributed by atoms with Gasteiger partial charge in [0, 0.05) is 0 Å². The Balaban J connectivity index is 3.25. The lowest BCUT2D eigenvalue weighted by Crippen LogP contribution is -2.35. The largest absolute Gasteiger partial charge is 0.331 e. The third-order valence-corrected chi connectivity index (χ3v) is 3.73. The van der Waals surface area contributed by atoms with E-state index < -0.39 is 0 Å². The van der Waals surface area contributed by atoms with E-state index in [0.717, 1.165) is 23.7 Å². The van der Waals surface area contributed by atoms with Crippen molar-refractivity contribution in [2.45, 2.75) is 71.1 Å². The zero-order valence-electron chi connectivity index (χ0n) is 15.7. The Labute approximate surface area is 140 Å². The summed E-state index contributed by atoms with van der Waals surface area (Å²) in [6, 6.07) is 0. The first-order valence-electron chi connectivity index (χ1n) is 9.31. The smallest absolute Gasteiger partial charge is 0.0780 e. The number of rotatable bonds is 14. The zero-order chi connectivity index (χ0) is 16.5. The fourth-order valence-corrected chi connectivity index (χ4v) is 2.38. The Morgan fingerprint density at radius 1 is 0.591 bits per heavy atom. The van der Waals surface area contributed by atoms with E-state index in [2.05, 4.69) is 64.5 Å². The Hall–Kier alpha value is -0.820. The lowest BCUT2D eigenvalue weighted by Gasteiger charge is -2.23. The highest BCUT2D eigenvalue weighted by Gasteiger charge is 2.04. The van der Waals surface area contributed by atoms with Crippen LogP contribution < -0.4 is 0 Å². The van der Waals surface area contributed by atoms with Gasteiger partial charge >= 0.3 is 0 Å². The predicted octanol–water partition coefficient (Wildman–Crippen LogP) is 6.28. The van der Waals surface area contributed by atoms with Crippen LogP contribution in [0.25, 0.3) is 0 Å². The molecule has 0 bridgehead atoms. The van der Waals surface area contributed by atoms with E-state index in [1.54, 1.807) is 0 Å². The molecule has 0 saturated heterocycles. The molecule has 0 spiro atoms. The van der Waals surface area contributed by atoms with E-state index in [1.807, 2.05) is 0 Å². The monoisotopic (exact) mass is 306 g/mol.